The van der Waals surface area contributed by atoms with E-state index < -0.39 is 11.6 Å². The SMILES string of the molecule is CNCC1CCCN1C(=O)CN1C(=O)NC2(CCCCC2)C1=O.Cl. The lowest BCUT2D eigenvalue weighted by Crippen LogP contribution is -2.50. The molecular formula is C16H27ClN4O3. The number of hydrogen-bond donors (Lipinski definition) is 2. The van der Waals surface area contributed by atoms with Gasteiger partial charge < -0.3 is 15.5 Å². The van der Waals surface area contributed by atoms with Gasteiger partial charge in [-0.15, -0.1) is 12.4 Å². The fraction of sp³-hybridized carbons (Fsp3) is 0.812. The summed E-state index contributed by atoms with van der Waals surface area (Å²) >= 11 is 0. The van der Waals surface area contributed by atoms with Crippen LogP contribution in [0.15, 0.2) is 0 Å². The molecule has 7 nitrogen and oxygen atoms in total. The molecule has 2 heterocycles. The summed E-state index contributed by atoms with van der Waals surface area (Å²) in [6.07, 6.45) is 6.32. The quantitative estimate of drug-likeness (QED) is 0.731. The number of imide groups is 1. The highest BCUT2D eigenvalue weighted by atomic mass is 35.5. The van der Waals surface area contributed by atoms with Crippen LogP contribution in [0.5, 0.6) is 0 Å². The second kappa shape index (κ2) is 7.70. The Bertz CT molecular complexity index is 508. The van der Waals surface area contributed by atoms with E-state index in [1.54, 1.807) is 0 Å². The van der Waals surface area contributed by atoms with Crippen molar-refractivity contribution in [3.8, 4) is 0 Å². The summed E-state index contributed by atoms with van der Waals surface area (Å²) in [5, 5.41) is 5.95. The maximum atomic E-state index is 12.7. The smallest absolute Gasteiger partial charge is 0.325 e. The van der Waals surface area contributed by atoms with Gasteiger partial charge in [0.1, 0.15) is 12.1 Å². The number of nitrogens with zero attached hydrogens (tertiary/aromatic N) is 2. The van der Waals surface area contributed by atoms with Gasteiger partial charge in [0.05, 0.1) is 0 Å². The van der Waals surface area contributed by atoms with Crippen molar-refractivity contribution < 1.29 is 14.4 Å². The average Bonchev–Trinajstić information content (AvgIpc) is 3.08. The summed E-state index contributed by atoms with van der Waals surface area (Å²) in [7, 11) is 1.87. The Balaban J connectivity index is 0.00000208. The van der Waals surface area contributed by atoms with Gasteiger partial charge in [-0.1, -0.05) is 19.3 Å². The largest absolute Gasteiger partial charge is 0.337 e. The molecule has 3 aliphatic rings. The first-order chi connectivity index (χ1) is 11.1. The molecule has 0 aromatic carbocycles. The number of likely N-dealkylation sites (tertiary alicyclic amines) is 1. The molecule has 3 fully saturated rings. The maximum absolute atomic E-state index is 12.7. The van der Waals surface area contributed by atoms with Crippen LogP contribution in [-0.4, -0.2) is 65.9 Å². The van der Waals surface area contributed by atoms with E-state index in [-0.39, 0.29) is 36.8 Å². The van der Waals surface area contributed by atoms with Crippen LogP contribution in [0.25, 0.3) is 0 Å². The highest BCUT2D eigenvalue weighted by Crippen LogP contribution is 2.33. The maximum Gasteiger partial charge on any atom is 0.325 e. The van der Waals surface area contributed by atoms with Crippen molar-refractivity contribution in [2.24, 2.45) is 0 Å². The molecule has 1 aliphatic carbocycles. The van der Waals surface area contributed by atoms with Gasteiger partial charge in [0.15, 0.2) is 0 Å². The Morgan fingerprint density at radius 2 is 1.96 bits per heavy atom. The molecule has 1 spiro atoms. The standard InChI is InChI=1S/C16H26N4O3.ClH/c1-17-10-12-6-5-9-19(12)13(21)11-20-14(22)16(18-15(20)23)7-3-2-4-8-16;/h12,17H,2-11H2,1H3,(H,18,23);1H. The molecule has 24 heavy (non-hydrogen) atoms. The van der Waals surface area contributed by atoms with Crippen LogP contribution in [-0.2, 0) is 9.59 Å². The second-order valence-corrected chi connectivity index (χ2v) is 6.91. The first kappa shape index (κ1) is 19.0. The first-order valence-electron chi connectivity index (χ1n) is 8.65. The first-order valence-corrected chi connectivity index (χ1v) is 8.65. The molecular weight excluding hydrogens is 332 g/mol. The number of amides is 4. The van der Waals surface area contributed by atoms with Gasteiger partial charge >= 0.3 is 6.03 Å². The average molecular weight is 359 g/mol. The van der Waals surface area contributed by atoms with Gasteiger partial charge in [0.25, 0.3) is 5.91 Å². The van der Waals surface area contributed by atoms with Crippen molar-refractivity contribution in [3.05, 3.63) is 0 Å². The van der Waals surface area contributed by atoms with Gasteiger partial charge in [-0.2, -0.15) is 0 Å². The summed E-state index contributed by atoms with van der Waals surface area (Å²) in [6, 6.07) is -0.244. The zero-order valence-corrected chi connectivity index (χ0v) is 15.0. The zero-order chi connectivity index (χ0) is 16.4. The van der Waals surface area contributed by atoms with Gasteiger partial charge in [-0.3, -0.25) is 14.5 Å². The van der Waals surface area contributed by atoms with Crippen molar-refractivity contribution >= 4 is 30.3 Å². The highest BCUT2D eigenvalue weighted by molar-refractivity contribution is 6.09. The molecule has 8 heteroatoms. The minimum absolute atomic E-state index is 0. The number of carbonyl (C=O) groups excluding carboxylic acids is 3. The van der Waals surface area contributed by atoms with Crippen molar-refractivity contribution in [1.29, 1.82) is 0 Å². The number of halogens is 1. The molecule has 2 aliphatic heterocycles. The Morgan fingerprint density at radius 1 is 1.25 bits per heavy atom. The minimum atomic E-state index is -0.745. The van der Waals surface area contributed by atoms with Crippen LogP contribution in [0.3, 0.4) is 0 Å². The Kier molecular flexibility index (Phi) is 6.09. The molecule has 136 valence electrons. The third-order valence-electron chi connectivity index (χ3n) is 5.38. The van der Waals surface area contributed by atoms with Crippen LogP contribution < -0.4 is 10.6 Å². The van der Waals surface area contributed by atoms with Crippen LogP contribution in [0.1, 0.15) is 44.9 Å². The zero-order valence-electron chi connectivity index (χ0n) is 14.2. The highest BCUT2D eigenvalue weighted by Gasteiger charge is 2.52. The molecule has 0 aromatic heterocycles. The number of urea groups is 1. The van der Waals surface area contributed by atoms with E-state index in [0.717, 1.165) is 43.5 Å². The molecule has 2 N–H and O–H groups in total. The predicted octanol–water partition coefficient (Wildman–Crippen LogP) is 0.873. The number of carbonyl (C=O) groups is 3. The van der Waals surface area contributed by atoms with E-state index in [0.29, 0.717) is 19.4 Å². The van der Waals surface area contributed by atoms with E-state index in [1.807, 2.05) is 11.9 Å². The third-order valence-corrected chi connectivity index (χ3v) is 5.38. The molecule has 0 radical (unpaired) electrons. The van der Waals surface area contributed by atoms with Crippen LogP contribution in [0, 0.1) is 0 Å². The minimum Gasteiger partial charge on any atom is -0.337 e. The molecule has 1 saturated carbocycles. The Labute approximate surface area is 148 Å². The number of hydrogen-bond acceptors (Lipinski definition) is 4. The lowest BCUT2D eigenvalue weighted by atomic mass is 9.82. The van der Waals surface area contributed by atoms with Crippen LogP contribution in [0.4, 0.5) is 4.79 Å². The van der Waals surface area contributed by atoms with E-state index in [9.17, 15) is 14.4 Å². The van der Waals surface area contributed by atoms with Crippen LogP contribution >= 0.6 is 12.4 Å². The van der Waals surface area contributed by atoms with Gasteiger partial charge in [-0.25, -0.2) is 4.79 Å². The van der Waals surface area contributed by atoms with Crippen molar-refractivity contribution in [1.82, 2.24) is 20.4 Å². The number of rotatable bonds is 4. The van der Waals surface area contributed by atoms with Gasteiger partial charge in [0.2, 0.25) is 5.91 Å². The summed E-state index contributed by atoms with van der Waals surface area (Å²) < 4.78 is 0. The fourth-order valence-corrected chi connectivity index (χ4v) is 4.15. The molecule has 3 rings (SSSR count). The lowest BCUT2D eigenvalue weighted by Gasteiger charge is -2.30. The summed E-state index contributed by atoms with van der Waals surface area (Å²) in [5.41, 5.74) is -0.745. The molecule has 0 aromatic rings. The van der Waals surface area contributed by atoms with E-state index in [2.05, 4.69) is 10.6 Å². The molecule has 1 unspecified atom stereocenters. The van der Waals surface area contributed by atoms with Gasteiger partial charge in [-0.05, 0) is 32.7 Å². The number of nitrogens with one attached hydrogen (secondary N) is 2. The van der Waals surface area contributed by atoms with E-state index >= 15 is 0 Å². The number of likely N-dealkylation sites (N-methyl/N-ethyl adjacent to an activating group) is 1. The summed E-state index contributed by atoms with van der Waals surface area (Å²) in [5.74, 6) is -0.334. The summed E-state index contributed by atoms with van der Waals surface area (Å²) in [4.78, 5) is 40.4. The Morgan fingerprint density at radius 3 is 2.62 bits per heavy atom. The van der Waals surface area contributed by atoms with Gasteiger partial charge in [0, 0.05) is 19.1 Å². The molecule has 4 amide bonds. The van der Waals surface area contributed by atoms with E-state index in [4.69, 9.17) is 0 Å². The van der Waals surface area contributed by atoms with Crippen molar-refractivity contribution in [2.45, 2.75) is 56.5 Å². The Hall–Kier alpha value is -1.34. The normalized spacial score (nSPS) is 25.8. The molecule has 1 atom stereocenters. The second-order valence-electron chi connectivity index (χ2n) is 6.91. The van der Waals surface area contributed by atoms with Crippen molar-refractivity contribution in [2.75, 3.05) is 26.7 Å². The monoisotopic (exact) mass is 358 g/mol. The molecule has 2 saturated heterocycles. The van der Waals surface area contributed by atoms with Crippen LogP contribution in [0.2, 0.25) is 0 Å². The predicted molar refractivity (Wildman–Crippen MR) is 92.0 cm³/mol. The lowest BCUT2D eigenvalue weighted by molar-refractivity contribution is -0.140. The third kappa shape index (κ3) is 3.37. The topological polar surface area (TPSA) is 81.8 Å². The molecule has 0 bridgehead atoms. The summed E-state index contributed by atoms with van der Waals surface area (Å²) in [6.45, 7) is 1.32. The van der Waals surface area contributed by atoms with Crippen molar-refractivity contribution in [3.63, 3.8) is 0 Å². The van der Waals surface area contributed by atoms with E-state index in [1.165, 1.54) is 0 Å². The fourth-order valence-electron chi connectivity index (χ4n) is 4.15.